The molecule has 0 saturated heterocycles. The van der Waals surface area contributed by atoms with Gasteiger partial charge in [0.05, 0.1) is 10.6 Å². The minimum absolute atomic E-state index is 0.153. The number of nitrogens with zero attached hydrogens (tertiary/aromatic N) is 2. The lowest BCUT2D eigenvalue weighted by Gasteiger charge is -2.30. The fourth-order valence-electron chi connectivity index (χ4n) is 2.70. The number of rotatable bonds is 3. The molecule has 0 radical (unpaired) electrons. The zero-order valence-electron chi connectivity index (χ0n) is 11.0. The second-order valence-corrected chi connectivity index (χ2v) is 6.51. The van der Waals surface area contributed by atoms with E-state index in [0.29, 0.717) is 11.8 Å². The van der Waals surface area contributed by atoms with Crippen LogP contribution in [-0.2, 0) is 0 Å². The summed E-state index contributed by atoms with van der Waals surface area (Å²) in [7, 11) is 0. The van der Waals surface area contributed by atoms with Crippen molar-refractivity contribution in [2.75, 3.05) is 0 Å². The van der Waals surface area contributed by atoms with E-state index in [4.69, 9.17) is 5.73 Å². The molecule has 17 heavy (non-hydrogen) atoms. The van der Waals surface area contributed by atoms with Gasteiger partial charge in [-0.05, 0) is 42.1 Å². The second kappa shape index (κ2) is 5.44. The highest BCUT2D eigenvalue weighted by Gasteiger charge is 2.28. The van der Waals surface area contributed by atoms with Gasteiger partial charge in [-0.3, -0.25) is 0 Å². The quantitative estimate of drug-likeness (QED) is 0.897. The van der Waals surface area contributed by atoms with Crippen LogP contribution in [0.25, 0.3) is 0 Å². The smallest absolute Gasteiger partial charge is 0.0829 e. The van der Waals surface area contributed by atoms with Crippen molar-refractivity contribution in [2.45, 2.75) is 58.4 Å². The highest BCUT2D eigenvalue weighted by atomic mass is 32.1. The van der Waals surface area contributed by atoms with Crippen LogP contribution < -0.4 is 5.73 Å². The van der Waals surface area contributed by atoms with E-state index >= 15 is 0 Å². The molecule has 2 N–H and O–H groups in total. The van der Waals surface area contributed by atoms with Gasteiger partial charge >= 0.3 is 0 Å². The van der Waals surface area contributed by atoms with Crippen LogP contribution in [0.5, 0.6) is 0 Å². The van der Waals surface area contributed by atoms with Crippen molar-refractivity contribution in [2.24, 2.45) is 17.6 Å². The van der Waals surface area contributed by atoms with Gasteiger partial charge in [-0.1, -0.05) is 38.1 Å². The van der Waals surface area contributed by atoms with E-state index < -0.39 is 0 Å². The molecule has 1 aromatic rings. The van der Waals surface area contributed by atoms with Crippen molar-refractivity contribution in [3.05, 3.63) is 10.6 Å². The third kappa shape index (κ3) is 2.86. The Morgan fingerprint density at radius 2 is 1.88 bits per heavy atom. The van der Waals surface area contributed by atoms with Gasteiger partial charge in [0.1, 0.15) is 0 Å². The minimum atomic E-state index is 0.153. The highest BCUT2D eigenvalue weighted by molar-refractivity contribution is 7.05. The summed E-state index contributed by atoms with van der Waals surface area (Å²) in [6.45, 7) is 6.67. The lowest BCUT2D eigenvalue weighted by Crippen LogP contribution is -2.25. The molecule has 3 nitrogen and oxygen atoms in total. The summed E-state index contributed by atoms with van der Waals surface area (Å²) in [5.41, 5.74) is 7.54. The average Bonchev–Trinajstić information content (AvgIpc) is 2.78. The molecule has 1 aliphatic carbocycles. The molecule has 0 bridgehead atoms. The Balaban J connectivity index is 2.08. The van der Waals surface area contributed by atoms with Gasteiger partial charge in [-0.2, -0.15) is 0 Å². The van der Waals surface area contributed by atoms with Crippen molar-refractivity contribution < 1.29 is 0 Å². The van der Waals surface area contributed by atoms with Crippen LogP contribution in [0, 0.1) is 11.8 Å². The van der Waals surface area contributed by atoms with E-state index in [1.807, 2.05) is 0 Å². The zero-order valence-corrected chi connectivity index (χ0v) is 11.8. The zero-order chi connectivity index (χ0) is 12.4. The Hall–Kier alpha value is -0.480. The van der Waals surface area contributed by atoms with Gasteiger partial charge in [-0.15, -0.1) is 5.10 Å². The Morgan fingerprint density at radius 1 is 1.24 bits per heavy atom. The van der Waals surface area contributed by atoms with E-state index in [9.17, 15) is 0 Å². The minimum Gasteiger partial charge on any atom is -0.323 e. The Kier molecular flexibility index (Phi) is 4.15. The van der Waals surface area contributed by atoms with Crippen LogP contribution in [0.2, 0.25) is 0 Å². The standard InChI is InChI=1S/C13H23N3S/c1-8(2)12-13(17-16-15-12)11(14)10-6-4-9(3)5-7-10/h8-11H,4-7,14H2,1-3H3. The molecule has 0 spiro atoms. The second-order valence-electron chi connectivity index (χ2n) is 5.72. The summed E-state index contributed by atoms with van der Waals surface area (Å²) < 4.78 is 4.09. The van der Waals surface area contributed by atoms with Gasteiger partial charge in [0, 0.05) is 6.04 Å². The molecule has 0 aliphatic heterocycles. The normalized spacial score (nSPS) is 27.4. The van der Waals surface area contributed by atoms with E-state index in [2.05, 4.69) is 30.4 Å². The molecular formula is C13H23N3S. The Morgan fingerprint density at radius 3 is 2.47 bits per heavy atom. The fourth-order valence-corrected chi connectivity index (χ4v) is 3.60. The summed E-state index contributed by atoms with van der Waals surface area (Å²) in [6, 6.07) is 0.153. The van der Waals surface area contributed by atoms with Gasteiger partial charge in [-0.25, -0.2) is 0 Å². The molecular weight excluding hydrogens is 230 g/mol. The number of nitrogens with two attached hydrogens (primary N) is 1. The maximum Gasteiger partial charge on any atom is 0.0829 e. The first-order valence-corrected chi connectivity index (χ1v) is 7.44. The first-order chi connectivity index (χ1) is 8.09. The first-order valence-electron chi connectivity index (χ1n) is 6.67. The van der Waals surface area contributed by atoms with Crippen molar-refractivity contribution in [1.82, 2.24) is 9.59 Å². The maximum atomic E-state index is 6.43. The first kappa shape index (κ1) is 13.0. The SMILES string of the molecule is CC1CCC(C(N)c2snnc2C(C)C)CC1. The molecule has 1 atom stereocenters. The van der Waals surface area contributed by atoms with Crippen LogP contribution in [0.15, 0.2) is 0 Å². The van der Waals surface area contributed by atoms with Crippen LogP contribution in [0.3, 0.4) is 0 Å². The number of aromatic nitrogens is 2. The topological polar surface area (TPSA) is 51.8 Å². The van der Waals surface area contributed by atoms with Crippen LogP contribution in [-0.4, -0.2) is 9.59 Å². The number of hydrogen-bond donors (Lipinski definition) is 1. The van der Waals surface area contributed by atoms with E-state index in [-0.39, 0.29) is 6.04 Å². The summed E-state index contributed by atoms with van der Waals surface area (Å²) >= 11 is 1.49. The predicted octanol–water partition coefficient (Wildman–Crippen LogP) is 3.49. The molecule has 1 fully saturated rings. The molecule has 1 saturated carbocycles. The summed E-state index contributed by atoms with van der Waals surface area (Å²) in [5, 5.41) is 4.24. The highest BCUT2D eigenvalue weighted by Crippen LogP contribution is 2.38. The summed E-state index contributed by atoms with van der Waals surface area (Å²) in [6.07, 6.45) is 5.17. The van der Waals surface area contributed by atoms with Gasteiger partial charge in [0.2, 0.25) is 0 Å². The lowest BCUT2D eigenvalue weighted by molar-refractivity contribution is 0.257. The molecule has 0 aromatic carbocycles. The largest absolute Gasteiger partial charge is 0.323 e. The molecule has 1 aliphatic rings. The van der Waals surface area contributed by atoms with Crippen LogP contribution in [0.1, 0.15) is 69.0 Å². The van der Waals surface area contributed by atoms with E-state index in [1.165, 1.54) is 42.1 Å². The summed E-state index contributed by atoms with van der Waals surface area (Å²) in [4.78, 5) is 1.22. The van der Waals surface area contributed by atoms with Gasteiger partial charge in [0.25, 0.3) is 0 Å². The van der Waals surface area contributed by atoms with Crippen molar-refractivity contribution in [3.63, 3.8) is 0 Å². The fraction of sp³-hybridized carbons (Fsp3) is 0.846. The lowest BCUT2D eigenvalue weighted by atomic mass is 9.78. The Bertz CT molecular complexity index is 353. The van der Waals surface area contributed by atoms with Crippen molar-refractivity contribution in [3.8, 4) is 0 Å². The molecule has 96 valence electrons. The summed E-state index contributed by atoms with van der Waals surface area (Å²) in [5.74, 6) is 1.94. The van der Waals surface area contributed by atoms with Crippen LogP contribution >= 0.6 is 11.5 Å². The van der Waals surface area contributed by atoms with Gasteiger partial charge in [0.15, 0.2) is 0 Å². The molecule has 1 unspecified atom stereocenters. The van der Waals surface area contributed by atoms with Crippen LogP contribution in [0.4, 0.5) is 0 Å². The van der Waals surface area contributed by atoms with Gasteiger partial charge < -0.3 is 5.73 Å². The third-order valence-corrected chi connectivity index (χ3v) is 4.80. The van der Waals surface area contributed by atoms with Crippen molar-refractivity contribution >= 4 is 11.5 Å². The monoisotopic (exact) mass is 253 g/mol. The maximum absolute atomic E-state index is 6.43. The predicted molar refractivity (Wildman–Crippen MR) is 72.0 cm³/mol. The van der Waals surface area contributed by atoms with E-state index in [1.54, 1.807) is 0 Å². The molecule has 2 rings (SSSR count). The number of hydrogen-bond acceptors (Lipinski definition) is 4. The molecule has 0 amide bonds. The molecule has 4 heteroatoms. The molecule has 1 heterocycles. The average molecular weight is 253 g/mol. The van der Waals surface area contributed by atoms with Crippen molar-refractivity contribution in [1.29, 1.82) is 0 Å². The third-order valence-electron chi connectivity index (χ3n) is 3.96. The molecule has 1 aromatic heterocycles. The Labute approximate surface area is 108 Å². The van der Waals surface area contributed by atoms with E-state index in [0.717, 1.165) is 11.6 Å².